The molecule has 102 valence electrons. The quantitative estimate of drug-likeness (QED) is 0.858. The van der Waals surface area contributed by atoms with Crippen molar-refractivity contribution in [1.82, 2.24) is 0 Å². The maximum Gasteiger partial charge on any atom is 0.141 e. The minimum atomic E-state index is -0.419. The molecule has 1 nitrogen and oxygen atoms in total. The van der Waals surface area contributed by atoms with Crippen molar-refractivity contribution >= 4 is 11.6 Å². The van der Waals surface area contributed by atoms with Crippen LogP contribution in [0.4, 0.5) is 4.39 Å². The monoisotopic (exact) mass is 272 g/mol. The third-order valence-corrected chi connectivity index (χ3v) is 3.85. The average molecular weight is 273 g/mol. The molecule has 18 heavy (non-hydrogen) atoms. The van der Waals surface area contributed by atoms with E-state index in [1.807, 2.05) is 0 Å². The molecule has 0 amide bonds. The SMILES string of the molecule is CC(CC(O)Cc1ccc(F)c(Cl)c1)C(C)(C)C. The number of hydrogen-bond acceptors (Lipinski definition) is 1. The number of aliphatic hydroxyl groups is 1. The Hall–Kier alpha value is -0.600. The van der Waals surface area contributed by atoms with Gasteiger partial charge in [-0.25, -0.2) is 4.39 Å². The summed E-state index contributed by atoms with van der Waals surface area (Å²) >= 11 is 5.72. The molecule has 0 saturated carbocycles. The van der Waals surface area contributed by atoms with E-state index in [1.54, 1.807) is 12.1 Å². The molecule has 0 aromatic heterocycles. The molecule has 0 heterocycles. The molecule has 0 aliphatic rings. The van der Waals surface area contributed by atoms with E-state index >= 15 is 0 Å². The van der Waals surface area contributed by atoms with Crippen molar-refractivity contribution in [2.45, 2.75) is 46.6 Å². The molecule has 1 aromatic rings. The lowest BCUT2D eigenvalue weighted by Gasteiger charge is -2.29. The maximum absolute atomic E-state index is 13.0. The van der Waals surface area contributed by atoms with E-state index in [0.717, 1.165) is 12.0 Å². The second kappa shape index (κ2) is 6.03. The van der Waals surface area contributed by atoms with Gasteiger partial charge in [0.2, 0.25) is 0 Å². The fourth-order valence-corrected chi connectivity index (χ4v) is 1.99. The lowest BCUT2D eigenvalue weighted by molar-refractivity contribution is 0.110. The molecule has 0 bridgehead atoms. The van der Waals surface area contributed by atoms with Crippen LogP contribution in [0.2, 0.25) is 5.02 Å². The molecule has 0 aliphatic carbocycles. The summed E-state index contributed by atoms with van der Waals surface area (Å²) in [5, 5.41) is 10.2. The Morgan fingerprint density at radius 3 is 2.44 bits per heavy atom. The van der Waals surface area contributed by atoms with Crippen LogP contribution < -0.4 is 0 Å². The van der Waals surface area contributed by atoms with Crippen LogP contribution in [0.15, 0.2) is 18.2 Å². The van der Waals surface area contributed by atoms with Crippen LogP contribution in [-0.2, 0) is 6.42 Å². The van der Waals surface area contributed by atoms with Gasteiger partial charge in [-0.3, -0.25) is 0 Å². The Kier molecular flexibility index (Phi) is 5.18. The first-order valence-electron chi connectivity index (χ1n) is 6.32. The molecule has 0 fully saturated rings. The summed E-state index contributed by atoms with van der Waals surface area (Å²) in [6.45, 7) is 8.64. The van der Waals surface area contributed by atoms with Gasteiger partial charge in [-0.2, -0.15) is 0 Å². The van der Waals surface area contributed by atoms with Gasteiger partial charge in [-0.15, -0.1) is 0 Å². The van der Waals surface area contributed by atoms with E-state index in [4.69, 9.17) is 11.6 Å². The number of rotatable bonds is 4. The lowest BCUT2D eigenvalue weighted by atomic mass is 9.78. The zero-order valence-corrected chi connectivity index (χ0v) is 12.3. The van der Waals surface area contributed by atoms with Crippen molar-refractivity contribution in [3.63, 3.8) is 0 Å². The molecule has 0 spiro atoms. The summed E-state index contributed by atoms with van der Waals surface area (Å²) in [6, 6.07) is 4.60. The van der Waals surface area contributed by atoms with Gasteiger partial charge in [0.15, 0.2) is 0 Å². The zero-order valence-electron chi connectivity index (χ0n) is 11.5. The topological polar surface area (TPSA) is 20.2 Å². The Labute approximate surface area is 114 Å². The Morgan fingerprint density at radius 2 is 1.94 bits per heavy atom. The molecule has 3 heteroatoms. The fourth-order valence-electron chi connectivity index (χ4n) is 1.78. The summed E-state index contributed by atoms with van der Waals surface area (Å²) in [5.74, 6) is 0.00128. The van der Waals surface area contributed by atoms with Crippen molar-refractivity contribution in [3.8, 4) is 0 Å². The standard InChI is InChI=1S/C15H22ClFO/c1-10(15(2,3)4)7-12(18)8-11-5-6-14(17)13(16)9-11/h5-6,9-10,12,18H,7-8H2,1-4H3. The van der Waals surface area contributed by atoms with Crippen molar-refractivity contribution in [3.05, 3.63) is 34.6 Å². The van der Waals surface area contributed by atoms with E-state index < -0.39 is 11.9 Å². The maximum atomic E-state index is 13.0. The molecule has 1 aromatic carbocycles. The van der Waals surface area contributed by atoms with E-state index in [-0.39, 0.29) is 10.4 Å². The van der Waals surface area contributed by atoms with Crippen LogP contribution in [0.25, 0.3) is 0 Å². The van der Waals surface area contributed by atoms with Gasteiger partial charge in [0.05, 0.1) is 11.1 Å². The fraction of sp³-hybridized carbons (Fsp3) is 0.600. The third-order valence-electron chi connectivity index (χ3n) is 3.56. The van der Waals surface area contributed by atoms with Gasteiger partial charge in [0.1, 0.15) is 5.82 Å². The highest BCUT2D eigenvalue weighted by Crippen LogP contribution is 2.29. The third kappa shape index (κ3) is 4.58. The van der Waals surface area contributed by atoms with E-state index in [0.29, 0.717) is 12.3 Å². The number of aliphatic hydroxyl groups excluding tert-OH is 1. The smallest absolute Gasteiger partial charge is 0.141 e. The molecular formula is C15H22ClFO. The Morgan fingerprint density at radius 1 is 1.33 bits per heavy atom. The first-order valence-corrected chi connectivity index (χ1v) is 6.70. The molecule has 2 atom stereocenters. The molecule has 1 N–H and O–H groups in total. The minimum Gasteiger partial charge on any atom is -0.393 e. The van der Waals surface area contributed by atoms with Crippen LogP contribution >= 0.6 is 11.6 Å². The van der Waals surface area contributed by atoms with Crippen LogP contribution in [-0.4, -0.2) is 11.2 Å². The van der Waals surface area contributed by atoms with Crippen LogP contribution in [0, 0.1) is 17.2 Å². The molecule has 0 radical (unpaired) electrons. The number of halogens is 2. The summed E-state index contributed by atoms with van der Waals surface area (Å²) in [7, 11) is 0. The first-order chi connectivity index (χ1) is 8.20. The van der Waals surface area contributed by atoms with Crippen molar-refractivity contribution < 1.29 is 9.50 Å². The Bertz CT molecular complexity index is 398. The lowest BCUT2D eigenvalue weighted by Crippen LogP contribution is -2.24. The van der Waals surface area contributed by atoms with Gasteiger partial charge in [-0.1, -0.05) is 45.4 Å². The average Bonchev–Trinajstić information content (AvgIpc) is 2.22. The molecule has 2 unspecified atom stereocenters. The van der Waals surface area contributed by atoms with Gasteiger partial charge >= 0.3 is 0 Å². The van der Waals surface area contributed by atoms with Crippen LogP contribution in [0.3, 0.4) is 0 Å². The summed E-state index contributed by atoms with van der Waals surface area (Å²) < 4.78 is 13.0. The summed E-state index contributed by atoms with van der Waals surface area (Å²) in [4.78, 5) is 0. The largest absolute Gasteiger partial charge is 0.393 e. The van der Waals surface area contributed by atoms with Crippen LogP contribution in [0.1, 0.15) is 39.7 Å². The van der Waals surface area contributed by atoms with Gasteiger partial charge in [0, 0.05) is 0 Å². The number of benzene rings is 1. The second-order valence-corrected chi connectivity index (χ2v) is 6.52. The summed E-state index contributed by atoms with van der Waals surface area (Å²) in [6.07, 6.45) is 0.833. The molecular weight excluding hydrogens is 251 g/mol. The van der Waals surface area contributed by atoms with Crippen molar-refractivity contribution in [1.29, 1.82) is 0 Å². The van der Waals surface area contributed by atoms with Gasteiger partial charge in [0.25, 0.3) is 0 Å². The van der Waals surface area contributed by atoms with Crippen LogP contribution in [0.5, 0.6) is 0 Å². The van der Waals surface area contributed by atoms with Gasteiger partial charge in [-0.05, 0) is 41.9 Å². The minimum absolute atomic E-state index is 0.114. The van der Waals surface area contributed by atoms with Crippen molar-refractivity contribution in [2.75, 3.05) is 0 Å². The number of hydrogen-bond donors (Lipinski definition) is 1. The zero-order chi connectivity index (χ0) is 13.9. The summed E-state index contributed by atoms with van der Waals surface area (Å²) in [5.41, 5.74) is 1.05. The van der Waals surface area contributed by atoms with E-state index in [9.17, 15) is 9.50 Å². The van der Waals surface area contributed by atoms with E-state index in [1.165, 1.54) is 6.07 Å². The predicted octanol–water partition coefficient (Wildman–Crippen LogP) is 4.45. The normalized spacial score (nSPS) is 15.5. The highest BCUT2D eigenvalue weighted by Gasteiger charge is 2.22. The molecule has 1 rings (SSSR count). The van der Waals surface area contributed by atoms with E-state index in [2.05, 4.69) is 27.7 Å². The Balaban J connectivity index is 2.59. The van der Waals surface area contributed by atoms with Gasteiger partial charge < -0.3 is 5.11 Å². The molecule has 0 saturated heterocycles. The van der Waals surface area contributed by atoms with Crippen molar-refractivity contribution in [2.24, 2.45) is 11.3 Å². The first kappa shape index (κ1) is 15.5. The molecule has 0 aliphatic heterocycles. The second-order valence-electron chi connectivity index (χ2n) is 6.11. The highest BCUT2D eigenvalue weighted by molar-refractivity contribution is 6.30. The highest BCUT2D eigenvalue weighted by atomic mass is 35.5. The predicted molar refractivity (Wildman–Crippen MR) is 74.4 cm³/mol.